The first-order valence-corrected chi connectivity index (χ1v) is 9.27. The summed E-state index contributed by atoms with van der Waals surface area (Å²) in [6, 6.07) is 18.7. The molecule has 2 amide bonds. The van der Waals surface area contributed by atoms with Crippen molar-refractivity contribution in [1.29, 1.82) is 0 Å². The van der Waals surface area contributed by atoms with Gasteiger partial charge in [0.15, 0.2) is 5.60 Å². The van der Waals surface area contributed by atoms with E-state index in [1.54, 1.807) is 55.6 Å². The summed E-state index contributed by atoms with van der Waals surface area (Å²) < 4.78 is 18.9. The van der Waals surface area contributed by atoms with Crippen molar-refractivity contribution in [2.24, 2.45) is 0 Å². The predicted octanol–water partition coefficient (Wildman–Crippen LogP) is 3.06. The number of benzene rings is 3. The number of carbonyl (C=O) groups excluding carboxylic acids is 2. The fourth-order valence-electron chi connectivity index (χ4n) is 3.60. The number of hydrogen-bond donors (Lipinski definition) is 2. The van der Waals surface area contributed by atoms with Gasteiger partial charge in [-0.1, -0.05) is 30.3 Å². The molecule has 0 fully saturated rings. The molecule has 0 spiro atoms. The van der Waals surface area contributed by atoms with Crippen LogP contribution in [0, 0.1) is 5.82 Å². The van der Waals surface area contributed by atoms with Gasteiger partial charge in [-0.15, -0.1) is 0 Å². The van der Waals surface area contributed by atoms with Gasteiger partial charge in [-0.25, -0.2) is 4.39 Å². The zero-order valence-electron chi connectivity index (χ0n) is 16.1. The fourth-order valence-corrected chi connectivity index (χ4v) is 3.60. The molecule has 0 aromatic heterocycles. The van der Waals surface area contributed by atoms with Gasteiger partial charge in [0.1, 0.15) is 18.1 Å². The number of methoxy groups -OCH3 is 1. The van der Waals surface area contributed by atoms with Crippen LogP contribution in [0.5, 0.6) is 5.75 Å². The van der Waals surface area contributed by atoms with E-state index < -0.39 is 23.2 Å². The van der Waals surface area contributed by atoms with Crippen LogP contribution in [0.1, 0.15) is 11.1 Å². The number of halogens is 1. The van der Waals surface area contributed by atoms with E-state index in [0.717, 1.165) is 6.07 Å². The molecule has 1 atom stereocenters. The zero-order chi connectivity index (χ0) is 21.3. The van der Waals surface area contributed by atoms with Crippen molar-refractivity contribution in [3.05, 3.63) is 89.7 Å². The Balaban J connectivity index is 1.62. The number of nitrogens with one attached hydrogen (secondary N) is 1. The molecule has 1 aliphatic rings. The van der Waals surface area contributed by atoms with Gasteiger partial charge in [0, 0.05) is 16.8 Å². The van der Waals surface area contributed by atoms with Crippen molar-refractivity contribution in [1.82, 2.24) is 0 Å². The second-order valence-electron chi connectivity index (χ2n) is 6.91. The zero-order valence-corrected chi connectivity index (χ0v) is 16.1. The van der Waals surface area contributed by atoms with Gasteiger partial charge in [-0.2, -0.15) is 0 Å². The third-order valence-corrected chi connectivity index (χ3v) is 5.06. The number of nitrogens with zero attached hydrogens (tertiary/aromatic N) is 1. The van der Waals surface area contributed by atoms with Crippen molar-refractivity contribution >= 4 is 23.2 Å². The van der Waals surface area contributed by atoms with E-state index >= 15 is 0 Å². The van der Waals surface area contributed by atoms with Gasteiger partial charge in [-0.3, -0.25) is 14.5 Å². The van der Waals surface area contributed by atoms with Crippen molar-refractivity contribution in [3.63, 3.8) is 0 Å². The number of para-hydroxylation sites is 1. The molecule has 0 bridgehead atoms. The molecule has 6 nitrogen and oxygen atoms in total. The lowest BCUT2D eigenvalue weighted by molar-refractivity contribution is -0.133. The molecule has 7 heteroatoms. The quantitative estimate of drug-likeness (QED) is 0.683. The van der Waals surface area contributed by atoms with Gasteiger partial charge in [-0.05, 0) is 42.5 Å². The molecular formula is C23H19FN2O4. The van der Waals surface area contributed by atoms with Crippen LogP contribution in [0.4, 0.5) is 15.8 Å². The van der Waals surface area contributed by atoms with E-state index in [1.807, 2.05) is 0 Å². The number of aliphatic hydroxyl groups is 1. The van der Waals surface area contributed by atoms with Crippen LogP contribution >= 0.6 is 0 Å². The van der Waals surface area contributed by atoms with Crippen LogP contribution in [0.3, 0.4) is 0 Å². The predicted molar refractivity (Wildman–Crippen MR) is 110 cm³/mol. The summed E-state index contributed by atoms with van der Waals surface area (Å²) in [5, 5.41) is 14.1. The van der Waals surface area contributed by atoms with E-state index in [2.05, 4.69) is 5.32 Å². The number of anilines is 2. The maximum absolute atomic E-state index is 13.8. The van der Waals surface area contributed by atoms with E-state index in [9.17, 15) is 19.1 Å². The highest BCUT2D eigenvalue weighted by molar-refractivity contribution is 6.12. The lowest BCUT2D eigenvalue weighted by atomic mass is 9.87. The molecule has 3 aromatic rings. The summed E-state index contributed by atoms with van der Waals surface area (Å²) in [7, 11) is 1.55. The van der Waals surface area contributed by atoms with Gasteiger partial charge >= 0.3 is 0 Å². The minimum atomic E-state index is -2.07. The Morgan fingerprint density at radius 1 is 1.10 bits per heavy atom. The Hall–Kier alpha value is -3.71. The molecule has 0 radical (unpaired) electrons. The fraction of sp³-hybridized carbons (Fsp3) is 0.130. The highest BCUT2D eigenvalue weighted by atomic mass is 19.1. The molecular weight excluding hydrogens is 387 g/mol. The number of hydrogen-bond acceptors (Lipinski definition) is 4. The summed E-state index contributed by atoms with van der Waals surface area (Å²) in [4.78, 5) is 27.0. The van der Waals surface area contributed by atoms with Crippen molar-refractivity contribution < 1.29 is 23.8 Å². The van der Waals surface area contributed by atoms with Gasteiger partial charge in [0.2, 0.25) is 5.91 Å². The first-order valence-electron chi connectivity index (χ1n) is 9.27. The third-order valence-electron chi connectivity index (χ3n) is 5.06. The smallest absolute Gasteiger partial charge is 0.268 e. The Morgan fingerprint density at radius 3 is 2.53 bits per heavy atom. The lowest BCUT2D eigenvalue weighted by Crippen LogP contribution is -2.44. The first-order chi connectivity index (χ1) is 14.4. The van der Waals surface area contributed by atoms with Gasteiger partial charge in [0.25, 0.3) is 5.91 Å². The minimum absolute atomic E-state index is 0.109. The molecule has 152 valence electrons. The van der Waals surface area contributed by atoms with E-state index in [1.165, 1.54) is 23.1 Å². The maximum Gasteiger partial charge on any atom is 0.268 e. The number of amides is 2. The Labute approximate surface area is 172 Å². The monoisotopic (exact) mass is 406 g/mol. The van der Waals surface area contributed by atoms with Crippen molar-refractivity contribution in [2.45, 2.75) is 5.60 Å². The second kappa shape index (κ2) is 7.61. The highest BCUT2D eigenvalue weighted by Crippen LogP contribution is 2.44. The molecule has 0 saturated heterocycles. The summed E-state index contributed by atoms with van der Waals surface area (Å²) >= 11 is 0. The molecule has 2 N–H and O–H groups in total. The van der Waals surface area contributed by atoms with E-state index in [4.69, 9.17) is 4.74 Å². The summed E-state index contributed by atoms with van der Waals surface area (Å²) in [6.45, 7) is -0.306. The normalized spacial score (nSPS) is 17.6. The molecule has 1 unspecified atom stereocenters. The lowest BCUT2D eigenvalue weighted by Gasteiger charge is -2.23. The van der Waals surface area contributed by atoms with E-state index in [0.29, 0.717) is 22.7 Å². The third kappa shape index (κ3) is 3.29. The Bertz CT molecular complexity index is 1120. The average molecular weight is 406 g/mol. The highest BCUT2D eigenvalue weighted by Gasteiger charge is 2.51. The average Bonchev–Trinajstić information content (AvgIpc) is 2.97. The second-order valence-corrected chi connectivity index (χ2v) is 6.91. The largest absolute Gasteiger partial charge is 0.497 e. The Kier molecular flexibility index (Phi) is 4.97. The molecule has 30 heavy (non-hydrogen) atoms. The first kappa shape index (κ1) is 19.6. The summed E-state index contributed by atoms with van der Waals surface area (Å²) in [5.74, 6) is -1.07. The van der Waals surface area contributed by atoms with Gasteiger partial charge < -0.3 is 15.2 Å². The summed E-state index contributed by atoms with van der Waals surface area (Å²) in [6.07, 6.45) is 0. The van der Waals surface area contributed by atoms with Crippen LogP contribution in [0.15, 0.2) is 72.8 Å². The molecule has 3 aromatic carbocycles. The molecule has 1 aliphatic heterocycles. The van der Waals surface area contributed by atoms with Crippen molar-refractivity contribution in [3.8, 4) is 5.75 Å². The van der Waals surface area contributed by atoms with Crippen LogP contribution in [0.2, 0.25) is 0 Å². The number of carbonyl (C=O) groups is 2. The van der Waals surface area contributed by atoms with Gasteiger partial charge in [0.05, 0.1) is 12.8 Å². The van der Waals surface area contributed by atoms with Crippen LogP contribution in [0.25, 0.3) is 0 Å². The van der Waals surface area contributed by atoms with Crippen LogP contribution in [-0.4, -0.2) is 30.6 Å². The number of ether oxygens (including phenoxy) is 1. The van der Waals surface area contributed by atoms with E-state index in [-0.39, 0.29) is 12.1 Å². The molecule has 0 aliphatic carbocycles. The summed E-state index contributed by atoms with van der Waals surface area (Å²) in [5.41, 5.74) is -0.713. The number of rotatable bonds is 5. The Morgan fingerprint density at radius 2 is 1.83 bits per heavy atom. The molecule has 4 rings (SSSR count). The van der Waals surface area contributed by atoms with Crippen LogP contribution in [-0.2, 0) is 15.2 Å². The van der Waals surface area contributed by atoms with Crippen LogP contribution < -0.4 is 15.0 Å². The topological polar surface area (TPSA) is 78.9 Å². The molecule has 1 heterocycles. The van der Waals surface area contributed by atoms with Crippen molar-refractivity contribution in [2.75, 3.05) is 23.9 Å². The minimum Gasteiger partial charge on any atom is -0.497 e. The SMILES string of the molecule is COc1ccc(NC(=O)CN2C(=O)C(O)(c3cccc(F)c3)c3ccccc32)cc1. The maximum atomic E-state index is 13.8. The molecule has 0 saturated carbocycles. The standard InChI is InChI=1S/C23H19FN2O4/c1-30-18-11-9-17(10-12-18)25-21(27)14-26-20-8-3-2-7-19(20)23(29,22(26)28)15-5-4-6-16(24)13-15/h2-13,29H,14H2,1H3,(H,25,27). The number of fused-ring (bicyclic) bond motifs is 1.